The summed E-state index contributed by atoms with van der Waals surface area (Å²) in [5, 5.41) is 0.323. The van der Waals surface area contributed by atoms with Crippen molar-refractivity contribution in [1.82, 2.24) is 4.90 Å². The minimum Gasteiger partial charge on any atom is -0.396 e. The quantitative estimate of drug-likeness (QED) is 0.797. The van der Waals surface area contributed by atoms with Crippen LogP contribution in [0.15, 0.2) is 12.1 Å². The van der Waals surface area contributed by atoms with Crippen molar-refractivity contribution in [3.8, 4) is 0 Å². The van der Waals surface area contributed by atoms with Crippen LogP contribution in [0.2, 0.25) is 0 Å². The number of rotatable bonds is 1. The van der Waals surface area contributed by atoms with Gasteiger partial charge in [0, 0.05) is 30.2 Å². The normalized spacial score (nSPS) is 19.9. The summed E-state index contributed by atoms with van der Waals surface area (Å²) in [5.41, 5.74) is 5.00. The number of nitrogens with two attached hydrogens (primary N) is 1. The third kappa shape index (κ3) is 2.58. The van der Waals surface area contributed by atoms with E-state index in [0.29, 0.717) is 24.4 Å². The largest absolute Gasteiger partial charge is 0.396 e. The zero-order valence-electron chi connectivity index (χ0n) is 9.95. The molecule has 0 aliphatic carbocycles. The molecule has 1 heterocycles. The van der Waals surface area contributed by atoms with Crippen molar-refractivity contribution < 1.29 is 13.6 Å². The summed E-state index contributed by atoms with van der Waals surface area (Å²) in [6.45, 7) is 3.16. The summed E-state index contributed by atoms with van der Waals surface area (Å²) in [6.07, 6.45) is 0. The van der Waals surface area contributed by atoms with E-state index in [1.165, 1.54) is 0 Å². The van der Waals surface area contributed by atoms with E-state index < -0.39 is 17.5 Å². The van der Waals surface area contributed by atoms with Crippen molar-refractivity contribution >= 4 is 23.4 Å². The Morgan fingerprint density at radius 2 is 2.17 bits per heavy atom. The van der Waals surface area contributed by atoms with E-state index in [1.807, 2.05) is 6.92 Å². The lowest BCUT2D eigenvalue weighted by atomic mass is 10.1. The Morgan fingerprint density at radius 3 is 2.83 bits per heavy atom. The Balaban J connectivity index is 2.25. The van der Waals surface area contributed by atoms with Gasteiger partial charge in [-0.2, -0.15) is 11.8 Å². The highest BCUT2D eigenvalue weighted by Gasteiger charge is 2.25. The molecule has 1 aromatic carbocycles. The van der Waals surface area contributed by atoms with Gasteiger partial charge in [-0.3, -0.25) is 4.79 Å². The number of halogens is 2. The Morgan fingerprint density at radius 1 is 1.44 bits per heavy atom. The van der Waals surface area contributed by atoms with Gasteiger partial charge in [-0.25, -0.2) is 8.78 Å². The first kappa shape index (κ1) is 13.1. The first-order valence-electron chi connectivity index (χ1n) is 5.64. The summed E-state index contributed by atoms with van der Waals surface area (Å²) in [6, 6.07) is 1.73. The van der Waals surface area contributed by atoms with Crippen LogP contribution in [0.4, 0.5) is 14.5 Å². The molecule has 1 atom stereocenters. The molecule has 0 bridgehead atoms. The van der Waals surface area contributed by atoms with Crippen molar-refractivity contribution in [1.29, 1.82) is 0 Å². The lowest BCUT2D eigenvalue weighted by Crippen LogP contribution is -2.41. The Kier molecular flexibility index (Phi) is 3.75. The molecule has 6 heteroatoms. The zero-order valence-corrected chi connectivity index (χ0v) is 10.8. The van der Waals surface area contributed by atoms with Gasteiger partial charge in [0.25, 0.3) is 5.91 Å². The molecule has 3 nitrogen and oxygen atoms in total. The smallest absolute Gasteiger partial charge is 0.256 e. The van der Waals surface area contributed by atoms with Crippen molar-refractivity contribution in [2.45, 2.75) is 12.2 Å². The summed E-state index contributed by atoms with van der Waals surface area (Å²) >= 11 is 1.77. The molecule has 1 saturated heterocycles. The van der Waals surface area contributed by atoms with Crippen LogP contribution in [-0.4, -0.2) is 34.9 Å². The molecule has 1 unspecified atom stereocenters. The molecule has 18 heavy (non-hydrogen) atoms. The average molecular weight is 272 g/mol. The maximum absolute atomic E-state index is 13.6. The van der Waals surface area contributed by atoms with Crippen molar-refractivity contribution in [2.75, 3.05) is 24.6 Å². The predicted molar refractivity (Wildman–Crippen MR) is 68.6 cm³/mol. The number of anilines is 1. The maximum Gasteiger partial charge on any atom is 0.256 e. The van der Waals surface area contributed by atoms with E-state index in [4.69, 9.17) is 5.73 Å². The molecule has 1 aliphatic rings. The lowest BCUT2D eigenvalue weighted by Gasteiger charge is -2.30. The second-order valence-corrected chi connectivity index (χ2v) is 5.83. The topological polar surface area (TPSA) is 46.3 Å². The SMILES string of the molecule is CC1CN(C(=O)c2cc(N)c(F)cc2F)CCS1. The molecule has 2 rings (SSSR count). The van der Waals surface area contributed by atoms with Crippen LogP contribution in [0.3, 0.4) is 0 Å². The number of carbonyl (C=O) groups is 1. The first-order valence-corrected chi connectivity index (χ1v) is 6.69. The molecule has 0 aromatic heterocycles. The fourth-order valence-electron chi connectivity index (χ4n) is 1.90. The van der Waals surface area contributed by atoms with Crippen LogP contribution < -0.4 is 5.73 Å². The predicted octanol–water partition coefficient (Wildman–Crippen LogP) is 2.12. The van der Waals surface area contributed by atoms with Gasteiger partial charge in [0.15, 0.2) is 0 Å². The van der Waals surface area contributed by atoms with Gasteiger partial charge < -0.3 is 10.6 Å². The van der Waals surface area contributed by atoms with Crippen LogP contribution in [-0.2, 0) is 0 Å². The van der Waals surface area contributed by atoms with E-state index in [1.54, 1.807) is 16.7 Å². The fourth-order valence-corrected chi connectivity index (χ4v) is 2.92. The highest BCUT2D eigenvalue weighted by atomic mass is 32.2. The molecule has 1 fully saturated rings. The highest BCUT2D eigenvalue weighted by Crippen LogP contribution is 2.22. The van der Waals surface area contributed by atoms with Gasteiger partial charge in [-0.05, 0) is 6.07 Å². The second-order valence-electron chi connectivity index (χ2n) is 4.29. The number of nitrogens with zero attached hydrogens (tertiary/aromatic N) is 1. The molecule has 1 amide bonds. The molecular weight excluding hydrogens is 258 g/mol. The van der Waals surface area contributed by atoms with E-state index in [9.17, 15) is 13.6 Å². The summed E-state index contributed by atoms with van der Waals surface area (Å²) < 4.78 is 26.6. The number of hydrogen-bond acceptors (Lipinski definition) is 3. The molecular formula is C12H14F2N2OS. The van der Waals surface area contributed by atoms with Gasteiger partial charge in [0.2, 0.25) is 0 Å². The van der Waals surface area contributed by atoms with Crippen LogP contribution in [0.5, 0.6) is 0 Å². The second kappa shape index (κ2) is 5.14. The fraction of sp³-hybridized carbons (Fsp3) is 0.417. The highest BCUT2D eigenvalue weighted by molar-refractivity contribution is 7.99. The lowest BCUT2D eigenvalue weighted by molar-refractivity contribution is 0.0758. The number of nitrogen functional groups attached to an aromatic ring is 1. The maximum atomic E-state index is 13.6. The van der Waals surface area contributed by atoms with Gasteiger partial charge in [0.1, 0.15) is 11.6 Å². The molecule has 0 spiro atoms. The molecule has 1 aromatic rings. The summed E-state index contributed by atoms with van der Waals surface area (Å²) in [7, 11) is 0. The monoisotopic (exact) mass is 272 g/mol. The number of benzene rings is 1. The molecule has 0 saturated carbocycles. The van der Waals surface area contributed by atoms with E-state index >= 15 is 0 Å². The van der Waals surface area contributed by atoms with Crippen LogP contribution in [0, 0.1) is 11.6 Å². The third-order valence-corrected chi connectivity index (χ3v) is 3.98. The number of hydrogen-bond donors (Lipinski definition) is 1. The minimum absolute atomic E-state index is 0.159. The summed E-state index contributed by atoms with van der Waals surface area (Å²) in [4.78, 5) is 13.7. The van der Waals surface area contributed by atoms with Crippen LogP contribution >= 0.6 is 11.8 Å². The van der Waals surface area contributed by atoms with Crippen LogP contribution in [0.25, 0.3) is 0 Å². The van der Waals surface area contributed by atoms with Crippen molar-refractivity contribution in [3.63, 3.8) is 0 Å². The van der Waals surface area contributed by atoms with Crippen molar-refractivity contribution in [3.05, 3.63) is 29.3 Å². The Bertz CT molecular complexity index is 481. The Hall–Kier alpha value is -1.30. The standard InChI is InChI=1S/C12H14F2N2OS/c1-7-6-16(2-3-18-7)12(17)8-4-11(15)10(14)5-9(8)13/h4-5,7H,2-3,6,15H2,1H3. The molecule has 98 valence electrons. The van der Waals surface area contributed by atoms with E-state index in [0.717, 1.165) is 11.8 Å². The van der Waals surface area contributed by atoms with Gasteiger partial charge in [0.05, 0.1) is 11.3 Å². The third-order valence-electron chi connectivity index (χ3n) is 2.85. The molecule has 0 radical (unpaired) electrons. The molecule has 2 N–H and O–H groups in total. The van der Waals surface area contributed by atoms with Gasteiger partial charge >= 0.3 is 0 Å². The van der Waals surface area contributed by atoms with Crippen molar-refractivity contribution in [2.24, 2.45) is 0 Å². The average Bonchev–Trinajstić information content (AvgIpc) is 2.33. The minimum atomic E-state index is -0.863. The van der Waals surface area contributed by atoms with Gasteiger partial charge in [-0.1, -0.05) is 6.92 Å². The number of thioether (sulfide) groups is 1. The zero-order chi connectivity index (χ0) is 13.3. The van der Waals surface area contributed by atoms with E-state index in [2.05, 4.69) is 0 Å². The molecule has 1 aliphatic heterocycles. The van der Waals surface area contributed by atoms with E-state index in [-0.39, 0.29) is 11.3 Å². The Labute approximate surface area is 108 Å². The number of carbonyl (C=O) groups excluding carboxylic acids is 1. The summed E-state index contributed by atoms with van der Waals surface area (Å²) in [5.74, 6) is -1.30. The first-order chi connectivity index (χ1) is 8.49. The van der Waals surface area contributed by atoms with Gasteiger partial charge in [-0.15, -0.1) is 0 Å². The number of amides is 1. The van der Waals surface area contributed by atoms with Crippen LogP contribution in [0.1, 0.15) is 17.3 Å².